The van der Waals surface area contributed by atoms with Crippen molar-refractivity contribution in [2.75, 3.05) is 26.2 Å². The third-order valence-electron chi connectivity index (χ3n) is 4.45. The molecular formula is C18H18N4O3. The SMILES string of the molecule is Cc1nc2c(C(=O)N3CCN(C(=O)c4ccco4)CC3)cccc2[nH]1. The Kier molecular flexibility index (Phi) is 3.76. The number of aromatic amines is 1. The number of piperazine rings is 1. The van der Waals surface area contributed by atoms with Crippen LogP contribution in [0.1, 0.15) is 26.7 Å². The van der Waals surface area contributed by atoms with Crippen LogP contribution in [0.2, 0.25) is 0 Å². The number of furan rings is 1. The van der Waals surface area contributed by atoms with Crippen LogP contribution < -0.4 is 0 Å². The first kappa shape index (κ1) is 15.4. The predicted molar refractivity (Wildman–Crippen MR) is 91.3 cm³/mol. The summed E-state index contributed by atoms with van der Waals surface area (Å²) in [6.07, 6.45) is 1.49. The van der Waals surface area contributed by atoms with E-state index in [0.717, 1.165) is 11.3 Å². The van der Waals surface area contributed by atoms with Gasteiger partial charge < -0.3 is 19.2 Å². The normalized spacial score (nSPS) is 14.9. The Labute approximate surface area is 144 Å². The van der Waals surface area contributed by atoms with Crippen LogP contribution in [0.25, 0.3) is 11.0 Å². The second-order valence-electron chi connectivity index (χ2n) is 6.09. The van der Waals surface area contributed by atoms with Crippen molar-refractivity contribution in [1.29, 1.82) is 0 Å². The van der Waals surface area contributed by atoms with Crippen LogP contribution in [-0.2, 0) is 0 Å². The number of aromatic nitrogens is 2. The number of hydrogen-bond acceptors (Lipinski definition) is 4. The van der Waals surface area contributed by atoms with Gasteiger partial charge in [-0.15, -0.1) is 0 Å². The Hall–Kier alpha value is -3.09. The lowest BCUT2D eigenvalue weighted by atomic mass is 10.1. The molecule has 7 nitrogen and oxygen atoms in total. The van der Waals surface area contributed by atoms with E-state index in [1.165, 1.54) is 6.26 Å². The number of imidazole rings is 1. The lowest BCUT2D eigenvalue weighted by molar-refractivity contribution is 0.0519. The van der Waals surface area contributed by atoms with Gasteiger partial charge in [-0.2, -0.15) is 0 Å². The summed E-state index contributed by atoms with van der Waals surface area (Å²) in [5, 5.41) is 0. The third-order valence-corrected chi connectivity index (χ3v) is 4.45. The molecule has 0 spiro atoms. The molecule has 0 atom stereocenters. The summed E-state index contributed by atoms with van der Waals surface area (Å²) in [5.74, 6) is 0.921. The van der Waals surface area contributed by atoms with Gasteiger partial charge in [0.05, 0.1) is 17.3 Å². The zero-order chi connectivity index (χ0) is 17.4. The fraction of sp³-hybridized carbons (Fsp3) is 0.278. The van der Waals surface area contributed by atoms with Crippen molar-refractivity contribution in [2.24, 2.45) is 0 Å². The lowest BCUT2D eigenvalue weighted by Gasteiger charge is -2.34. The standard InChI is InChI=1S/C18H18N4O3/c1-12-19-14-5-2-4-13(16(14)20-12)17(23)21-7-9-22(10-8-21)18(24)15-6-3-11-25-15/h2-6,11H,7-10H2,1H3,(H,19,20). The van der Waals surface area contributed by atoms with E-state index in [1.54, 1.807) is 28.0 Å². The maximum Gasteiger partial charge on any atom is 0.289 e. The maximum atomic E-state index is 12.9. The summed E-state index contributed by atoms with van der Waals surface area (Å²) < 4.78 is 5.16. The summed E-state index contributed by atoms with van der Waals surface area (Å²) in [4.78, 5) is 36.2. The van der Waals surface area contributed by atoms with Gasteiger partial charge in [-0.3, -0.25) is 9.59 Å². The summed E-state index contributed by atoms with van der Waals surface area (Å²) in [6.45, 7) is 3.82. The average Bonchev–Trinajstić information content (AvgIpc) is 3.29. The number of nitrogens with zero attached hydrogens (tertiary/aromatic N) is 3. The number of fused-ring (bicyclic) bond motifs is 1. The van der Waals surface area contributed by atoms with E-state index in [0.29, 0.717) is 43.0 Å². The third kappa shape index (κ3) is 2.77. The van der Waals surface area contributed by atoms with E-state index >= 15 is 0 Å². The Balaban J connectivity index is 1.48. The first-order valence-electron chi connectivity index (χ1n) is 8.21. The van der Waals surface area contributed by atoms with E-state index in [2.05, 4.69) is 9.97 Å². The molecule has 2 aromatic heterocycles. The summed E-state index contributed by atoms with van der Waals surface area (Å²) in [7, 11) is 0. The van der Waals surface area contributed by atoms with Crippen molar-refractivity contribution in [3.63, 3.8) is 0 Å². The summed E-state index contributed by atoms with van der Waals surface area (Å²) in [6, 6.07) is 8.90. The van der Waals surface area contributed by atoms with Crippen LogP contribution in [0.15, 0.2) is 41.0 Å². The molecule has 1 aromatic carbocycles. The van der Waals surface area contributed by atoms with Gasteiger partial charge in [0.2, 0.25) is 0 Å². The maximum absolute atomic E-state index is 12.9. The number of nitrogens with one attached hydrogen (secondary N) is 1. The molecule has 1 saturated heterocycles. The van der Waals surface area contributed by atoms with Crippen molar-refractivity contribution in [2.45, 2.75) is 6.92 Å². The minimum atomic E-state index is -0.137. The number of para-hydroxylation sites is 1. The topological polar surface area (TPSA) is 82.4 Å². The van der Waals surface area contributed by atoms with Gasteiger partial charge in [0.1, 0.15) is 11.3 Å². The van der Waals surface area contributed by atoms with Crippen LogP contribution in [0.5, 0.6) is 0 Å². The number of carbonyl (C=O) groups is 2. The van der Waals surface area contributed by atoms with E-state index in [-0.39, 0.29) is 11.8 Å². The highest BCUT2D eigenvalue weighted by atomic mass is 16.3. The Morgan fingerprint density at radius 2 is 1.76 bits per heavy atom. The number of amides is 2. The molecule has 2 amide bonds. The van der Waals surface area contributed by atoms with Gasteiger partial charge in [0.15, 0.2) is 5.76 Å². The van der Waals surface area contributed by atoms with Crippen LogP contribution in [0.3, 0.4) is 0 Å². The highest BCUT2D eigenvalue weighted by Gasteiger charge is 2.27. The fourth-order valence-electron chi connectivity index (χ4n) is 3.17. The zero-order valence-electron chi connectivity index (χ0n) is 13.9. The number of rotatable bonds is 2. The molecule has 4 rings (SSSR count). The predicted octanol–water partition coefficient (Wildman–Crippen LogP) is 2.06. The molecule has 25 heavy (non-hydrogen) atoms. The van der Waals surface area contributed by atoms with Gasteiger partial charge in [-0.25, -0.2) is 4.98 Å². The van der Waals surface area contributed by atoms with Crippen molar-refractivity contribution >= 4 is 22.8 Å². The van der Waals surface area contributed by atoms with Crippen LogP contribution in [0, 0.1) is 6.92 Å². The lowest BCUT2D eigenvalue weighted by Crippen LogP contribution is -2.50. The van der Waals surface area contributed by atoms with Crippen LogP contribution in [0.4, 0.5) is 0 Å². The smallest absolute Gasteiger partial charge is 0.289 e. The van der Waals surface area contributed by atoms with Gasteiger partial charge in [0.25, 0.3) is 11.8 Å². The number of carbonyl (C=O) groups excluding carboxylic acids is 2. The molecule has 1 N–H and O–H groups in total. The highest BCUT2D eigenvalue weighted by molar-refractivity contribution is 6.05. The minimum absolute atomic E-state index is 0.0535. The molecule has 1 aliphatic heterocycles. The molecule has 7 heteroatoms. The van der Waals surface area contributed by atoms with Crippen LogP contribution in [-0.4, -0.2) is 57.8 Å². The first-order valence-corrected chi connectivity index (χ1v) is 8.21. The Bertz CT molecular complexity index is 921. The Morgan fingerprint density at radius 3 is 2.44 bits per heavy atom. The Morgan fingerprint density at radius 1 is 1.04 bits per heavy atom. The van der Waals surface area contributed by atoms with Gasteiger partial charge in [-0.05, 0) is 31.2 Å². The van der Waals surface area contributed by atoms with Crippen molar-refractivity contribution in [3.05, 3.63) is 53.7 Å². The number of benzene rings is 1. The molecule has 3 aromatic rings. The van der Waals surface area contributed by atoms with E-state index < -0.39 is 0 Å². The van der Waals surface area contributed by atoms with Crippen LogP contribution >= 0.6 is 0 Å². The molecule has 1 fully saturated rings. The zero-order valence-corrected chi connectivity index (χ0v) is 13.9. The molecule has 1 aliphatic rings. The largest absolute Gasteiger partial charge is 0.459 e. The molecule has 0 unspecified atom stereocenters. The number of H-pyrrole nitrogens is 1. The quantitative estimate of drug-likeness (QED) is 0.775. The molecule has 0 bridgehead atoms. The second-order valence-corrected chi connectivity index (χ2v) is 6.09. The van der Waals surface area contributed by atoms with Crippen molar-refractivity contribution in [1.82, 2.24) is 19.8 Å². The number of aryl methyl sites for hydroxylation is 1. The van der Waals surface area contributed by atoms with Gasteiger partial charge in [-0.1, -0.05) is 6.07 Å². The number of hydrogen-bond donors (Lipinski definition) is 1. The fourth-order valence-corrected chi connectivity index (χ4v) is 3.17. The van der Waals surface area contributed by atoms with E-state index in [4.69, 9.17) is 4.42 Å². The van der Waals surface area contributed by atoms with Gasteiger partial charge in [0, 0.05) is 26.2 Å². The van der Waals surface area contributed by atoms with Crippen molar-refractivity contribution < 1.29 is 14.0 Å². The summed E-state index contributed by atoms with van der Waals surface area (Å²) >= 11 is 0. The molecule has 0 radical (unpaired) electrons. The van der Waals surface area contributed by atoms with Gasteiger partial charge >= 0.3 is 0 Å². The molecule has 0 saturated carbocycles. The highest BCUT2D eigenvalue weighted by Crippen LogP contribution is 2.19. The minimum Gasteiger partial charge on any atom is -0.459 e. The first-order chi connectivity index (χ1) is 12.1. The average molecular weight is 338 g/mol. The summed E-state index contributed by atoms with van der Waals surface area (Å²) in [5.41, 5.74) is 2.14. The molecule has 0 aliphatic carbocycles. The monoisotopic (exact) mass is 338 g/mol. The van der Waals surface area contributed by atoms with E-state index in [1.807, 2.05) is 19.1 Å². The molecule has 3 heterocycles. The second kappa shape index (κ2) is 6.08. The van der Waals surface area contributed by atoms with E-state index in [9.17, 15) is 9.59 Å². The van der Waals surface area contributed by atoms with Crippen molar-refractivity contribution in [3.8, 4) is 0 Å². The molecular weight excluding hydrogens is 320 g/mol. The molecule has 128 valence electrons.